The largest absolute Gasteiger partial charge is 0.496 e. The molecule has 4 aromatic rings. The SMILES string of the molecule is COc1cnccc1-c1cc2[nH]c([C@@H](CC(C)C)NC(=O)OCc3ccccc3)nc2cc1OC. The van der Waals surface area contributed by atoms with E-state index in [2.05, 4.69) is 29.1 Å². The average molecular weight is 475 g/mol. The van der Waals surface area contributed by atoms with Crippen LogP contribution in [0.2, 0.25) is 0 Å². The molecule has 0 aliphatic rings. The summed E-state index contributed by atoms with van der Waals surface area (Å²) in [5.74, 6) is 2.29. The molecule has 0 unspecified atom stereocenters. The number of rotatable bonds is 9. The Kier molecular flexibility index (Phi) is 7.50. The Morgan fingerprint density at radius 1 is 1.03 bits per heavy atom. The van der Waals surface area contributed by atoms with Crippen molar-refractivity contribution in [1.29, 1.82) is 0 Å². The Hall–Kier alpha value is -4.07. The Morgan fingerprint density at radius 3 is 2.51 bits per heavy atom. The number of carbonyl (C=O) groups excluding carboxylic acids is 1. The molecule has 0 aliphatic heterocycles. The van der Waals surface area contributed by atoms with E-state index in [0.717, 1.165) is 27.7 Å². The summed E-state index contributed by atoms with van der Waals surface area (Å²) in [4.78, 5) is 24.9. The summed E-state index contributed by atoms with van der Waals surface area (Å²) in [5.41, 5.74) is 4.20. The minimum atomic E-state index is -0.486. The summed E-state index contributed by atoms with van der Waals surface area (Å²) >= 11 is 0. The van der Waals surface area contributed by atoms with E-state index in [4.69, 9.17) is 19.2 Å². The number of hydrogen-bond donors (Lipinski definition) is 2. The van der Waals surface area contributed by atoms with Gasteiger partial charge in [-0.2, -0.15) is 0 Å². The van der Waals surface area contributed by atoms with Gasteiger partial charge in [-0.05, 0) is 30.0 Å². The first-order valence-electron chi connectivity index (χ1n) is 11.5. The van der Waals surface area contributed by atoms with Crippen LogP contribution in [0.4, 0.5) is 4.79 Å². The van der Waals surface area contributed by atoms with Crippen molar-refractivity contribution in [1.82, 2.24) is 20.3 Å². The topological polar surface area (TPSA) is 98.4 Å². The van der Waals surface area contributed by atoms with Crippen molar-refractivity contribution >= 4 is 17.1 Å². The lowest BCUT2D eigenvalue weighted by Crippen LogP contribution is -2.30. The number of aromatic nitrogens is 3. The third-order valence-electron chi connectivity index (χ3n) is 5.66. The molecular weight excluding hydrogens is 444 g/mol. The number of amides is 1. The predicted molar refractivity (Wildman–Crippen MR) is 134 cm³/mol. The lowest BCUT2D eigenvalue weighted by molar-refractivity contribution is 0.134. The smallest absolute Gasteiger partial charge is 0.408 e. The highest BCUT2D eigenvalue weighted by molar-refractivity contribution is 5.88. The maximum absolute atomic E-state index is 12.6. The number of ether oxygens (including phenoxy) is 3. The van der Waals surface area contributed by atoms with Gasteiger partial charge in [-0.1, -0.05) is 44.2 Å². The van der Waals surface area contributed by atoms with Crippen LogP contribution in [-0.4, -0.2) is 35.3 Å². The summed E-state index contributed by atoms with van der Waals surface area (Å²) in [6.45, 7) is 4.41. The van der Waals surface area contributed by atoms with Crippen molar-refractivity contribution < 1.29 is 19.0 Å². The number of nitrogens with one attached hydrogen (secondary N) is 2. The van der Waals surface area contributed by atoms with Crippen LogP contribution in [-0.2, 0) is 11.3 Å². The summed E-state index contributed by atoms with van der Waals surface area (Å²) in [6.07, 6.45) is 3.59. The molecule has 2 aromatic carbocycles. The normalized spacial score (nSPS) is 11.9. The highest BCUT2D eigenvalue weighted by atomic mass is 16.5. The van der Waals surface area contributed by atoms with Crippen LogP contribution < -0.4 is 14.8 Å². The van der Waals surface area contributed by atoms with E-state index in [9.17, 15) is 4.79 Å². The van der Waals surface area contributed by atoms with Crippen molar-refractivity contribution in [3.8, 4) is 22.6 Å². The summed E-state index contributed by atoms with van der Waals surface area (Å²) < 4.78 is 16.6. The Bertz CT molecular complexity index is 1290. The highest BCUT2D eigenvalue weighted by Crippen LogP contribution is 2.38. The molecule has 0 saturated heterocycles. The van der Waals surface area contributed by atoms with Crippen molar-refractivity contribution in [3.63, 3.8) is 0 Å². The quantitative estimate of drug-likeness (QED) is 0.325. The highest BCUT2D eigenvalue weighted by Gasteiger charge is 2.22. The first-order chi connectivity index (χ1) is 17.0. The standard InChI is InChI=1S/C27H30N4O4/c1-17(2)12-23(31-27(32)35-16-18-8-6-5-7-9-18)26-29-21-13-20(24(33-3)14-22(21)30-26)19-10-11-28-15-25(19)34-4/h5-11,13-15,17,23H,12,16H2,1-4H3,(H,29,30)(H,31,32)/t23-/m1/s1. The van der Waals surface area contributed by atoms with Crippen LogP contribution in [0.5, 0.6) is 11.5 Å². The van der Waals surface area contributed by atoms with Crippen molar-refractivity contribution in [2.75, 3.05) is 14.2 Å². The van der Waals surface area contributed by atoms with E-state index in [-0.39, 0.29) is 12.6 Å². The minimum Gasteiger partial charge on any atom is -0.496 e. The fourth-order valence-electron chi connectivity index (χ4n) is 3.98. The lowest BCUT2D eigenvalue weighted by Gasteiger charge is -2.18. The molecule has 0 fully saturated rings. The number of H-pyrrole nitrogens is 1. The molecule has 0 bridgehead atoms. The van der Waals surface area contributed by atoms with Gasteiger partial charge in [-0.15, -0.1) is 0 Å². The molecule has 0 aliphatic carbocycles. The van der Waals surface area contributed by atoms with Crippen molar-refractivity contribution in [3.05, 3.63) is 72.3 Å². The Labute approximate surface area is 204 Å². The molecule has 2 N–H and O–H groups in total. The van der Waals surface area contributed by atoms with Gasteiger partial charge in [0.2, 0.25) is 0 Å². The van der Waals surface area contributed by atoms with Crippen LogP contribution in [0.1, 0.15) is 37.7 Å². The van der Waals surface area contributed by atoms with Crippen LogP contribution in [0.3, 0.4) is 0 Å². The molecule has 35 heavy (non-hydrogen) atoms. The molecule has 8 heteroatoms. The first kappa shape index (κ1) is 24.1. The van der Waals surface area contributed by atoms with Crippen molar-refractivity contribution in [2.45, 2.75) is 32.9 Å². The van der Waals surface area contributed by atoms with Gasteiger partial charge >= 0.3 is 6.09 Å². The van der Waals surface area contributed by atoms with E-state index < -0.39 is 6.09 Å². The van der Waals surface area contributed by atoms with Gasteiger partial charge in [-0.25, -0.2) is 9.78 Å². The molecule has 1 atom stereocenters. The Morgan fingerprint density at radius 2 is 1.80 bits per heavy atom. The summed E-state index contributed by atoms with van der Waals surface area (Å²) in [7, 11) is 3.23. The zero-order chi connectivity index (χ0) is 24.8. The average Bonchev–Trinajstić information content (AvgIpc) is 3.29. The minimum absolute atomic E-state index is 0.204. The van der Waals surface area contributed by atoms with Gasteiger partial charge in [0, 0.05) is 23.4 Å². The van der Waals surface area contributed by atoms with Gasteiger partial charge in [0.25, 0.3) is 0 Å². The van der Waals surface area contributed by atoms with Gasteiger partial charge in [0.1, 0.15) is 23.9 Å². The van der Waals surface area contributed by atoms with Gasteiger partial charge in [0.15, 0.2) is 0 Å². The molecule has 2 aromatic heterocycles. The monoisotopic (exact) mass is 474 g/mol. The fraction of sp³-hybridized carbons (Fsp3) is 0.296. The van der Waals surface area contributed by atoms with Crippen LogP contribution in [0.25, 0.3) is 22.2 Å². The van der Waals surface area contributed by atoms with E-state index >= 15 is 0 Å². The second kappa shape index (κ2) is 10.9. The molecular formula is C27H30N4O4. The van der Waals surface area contributed by atoms with Crippen LogP contribution in [0.15, 0.2) is 60.9 Å². The van der Waals surface area contributed by atoms with Crippen LogP contribution >= 0.6 is 0 Å². The third-order valence-corrected chi connectivity index (χ3v) is 5.66. The Balaban J connectivity index is 1.62. The molecule has 0 radical (unpaired) electrons. The maximum atomic E-state index is 12.6. The number of hydrogen-bond acceptors (Lipinski definition) is 6. The van der Waals surface area contributed by atoms with E-state index in [1.165, 1.54) is 0 Å². The molecule has 0 spiro atoms. The second-order valence-corrected chi connectivity index (χ2v) is 8.66. The molecule has 4 rings (SSSR count). The predicted octanol–water partition coefficient (Wildman–Crippen LogP) is 5.66. The van der Waals surface area contributed by atoms with E-state index in [0.29, 0.717) is 29.7 Å². The van der Waals surface area contributed by atoms with Crippen LogP contribution in [0, 0.1) is 5.92 Å². The number of benzene rings is 2. The van der Waals surface area contributed by atoms with Crippen molar-refractivity contribution in [2.24, 2.45) is 5.92 Å². The van der Waals surface area contributed by atoms with E-state index in [1.807, 2.05) is 48.5 Å². The fourth-order valence-corrected chi connectivity index (χ4v) is 3.98. The van der Waals surface area contributed by atoms with E-state index in [1.54, 1.807) is 26.6 Å². The number of carbonyl (C=O) groups is 1. The molecule has 8 nitrogen and oxygen atoms in total. The number of methoxy groups -OCH3 is 2. The molecule has 0 saturated carbocycles. The maximum Gasteiger partial charge on any atom is 0.408 e. The number of imidazole rings is 1. The van der Waals surface area contributed by atoms with Gasteiger partial charge in [-0.3, -0.25) is 4.98 Å². The summed E-state index contributed by atoms with van der Waals surface area (Å²) in [6, 6.07) is 15.0. The number of pyridine rings is 1. The first-order valence-corrected chi connectivity index (χ1v) is 11.5. The van der Waals surface area contributed by atoms with Gasteiger partial charge < -0.3 is 24.5 Å². The molecule has 1 amide bonds. The molecule has 182 valence electrons. The second-order valence-electron chi connectivity index (χ2n) is 8.66. The summed E-state index contributed by atoms with van der Waals surface area (Å²) in [5, 5.41) is 2.97. The zero-order valence-electron chi connectivity index (χ0n) is 20.4. The number of aromatic amines is 1. The number of alkyl carbamates (subject to hydrolysis) is 1. The molecule has 2 heterocycles. The third kappa shape index (κ3) is 5.71. The number of fused-ring (bicyclic) bond motifs is 1. The number of nitrogens with zero attached hydrogens (tertiary/aromatic N) is 2. The van der Waals surface area contributed by atoms with Gasteiger partial charge in [0.05, 0.1) is 37.5 Å². The zero-order valence-corrected chi connectivity index (χ0v) is 20.4. The lowest BCUT2D eigenvalue weighted by atomic mass is 10.0.